The van der Waals surface area contributed by atoms with Crippen LogP contribution in [0.25, 0.3) is 0 Å². The monoisotopic (exact) mass is 321 g/mol. The average molecular weight is 322 g/mol. The summed E-state index contributed by atoms with van der Waals surface area (Å²) in [7, 11) is 0. The maximum absolute atomic E-state index is 6.27. The van der Waals surface area contributed by atoms with Crippen molar-refractivity contribution in [3.63, 3.8) is 0 Å². The topological polar surface area (TPSA) is 79.3 Å². The SMILES string of the molecule is CC(N)N(C1CCC1)C(C)NC1CC(C2CCCC2)NC=C1N. The minimum absolute atomic E-state index is 0.0837. The van der Waals surface area contributed by atoms with Crippen LogP contribution in [0.4, 0.5) is 0 Å². The van der Waals surface area contributed by atoms with Crippen molar-refractivity contribution < 1.29 is 0 Å². The Hall–Kier alpha value is -0.780. The maximum atomic E-state index is 6.27. The van der Waals surface area contributed by atoms with Crippen LogP contribution in [0.15, 0.2) is 11.9 Å². The fraction of sp³-hybridized carbons (Fsp3) is 0.889. The molecule has 4 unspecified atom stereocenters. The second-order valence-electron chi connectivity index (χ2n) is 7.87. The van der Waals surface area contributed by atoms with Crippen LogP contribution in [-0.2, 0) is 0 Å². The second kappa shape index (κ2) is 7.41. The summed E-state index contributed by atoms with van der Waals surface area (Å²) in [4.78, 5) is 2.43. The lowest BCUT2D eigenvalue weighted by atomic mass is 9.88. The summed E-state index contributed by atoms with van der Waals surface area (Å²) in [6, 6.07) is 1.47. The third kappa shape index (κ3) is 3.83. The molecule has 0 spiro atoms. The molecule has 23 heavy (non-hydrogen) atoms. The number of nitrogens with two attached hydrogens (primary N) is 2. The van der Waals surface area contributed by atoms with E-state index in [1.807, 2.05) is 6.20 Å². The van der Waals surface area contributed by atoms with Crippen molar-refractivity contribution in [2.45, 2.75) is 95.7 Å². The molecule has 1 heterocycles. The van der Waals surface area contributed by atoms with Gasteiger partial charge in [0.15, 0.2) is 0 Å². The lowest BCUT2D eigenvalue weighted by molar-refractivity contribution is 0.0313. The summed E-state index contributed by atoms with van der Waals surface area (Å²) in [6.45, 7) is 4.33. The highest BCUT2D eigenvalue weighted by atomic mass is 15.3. The fourth-order valence-corrected chi connectivity index (χ4v) is 4.68. The van der Waals surface area contributed by atoms with Crippen molar-refractivity contribution in [3.05, 3.63) is 11.9 Å². The molecule has 0 aromatic heterocycles. The van der Waals surface area contributed by atoms with Crippen LogP contribution in [0.1, 0.15) is 65.2 Å². The van der Waals surface area contributed by atoms with Gasteiger partial charge in [-0.1, -0.05) is 19.3 Å². The van der Waals surface area contributed by atoms with E-state index in [0.29, 0.717) is 12.1 Å². The van der Waals surface area contributed by atoms with Crippen LogP contribution in [0.2, 0.25) is 0 Å². The standard InChI is InChI=1S/C18H35N5/c1-12(19)23(15-8-5-9-15)13(2)22-18-10-17(21-11-16(18)20)14-6-3-4-7-14/h11-15,17-18,21-22H,3-10,19-20H2,1-2H3. The summed E-state index contributed by atoms with van der Waals surface area (Å²) in [6.07, 6.45) is 12.9. The summed E-state index contributed by atoms with van der Waals surface area (Å²) in [5, 5.41) is 7.31. The number of hydrogen-bond donors (Lipinski definition) is 4. The zero-order chi connectivity index (χ0) is 16.4. The first-order valence-corrected chi connectivity index (χ1v) is 9.57. The van der Waals surface area contributed by atoms with Crippen LogP contribution >= 0.6 is 0 Å². The Kier molecular flexibility index (Phi) is 5.49. The highest BCUT2D eigenvalue weighted by Crippen LogP contribution is 2.32. The van der Waals surface area contributed by atoms with Crippen molar-refractivity contribution in [3.8, 4) is 0 Å². The number of nitrogens with zero attached hydrogens (tertiary/aromatic N) is 1. The largest absolute Gasteiger partial charge is 0.400 e. The molecule has 6 N–H and O–H groups in total. The van der Waals surface area contributed by atoms with Crippen molar-refractivity contribution in [1.82, 2.24) is 15.5 Å². The van der Waals surface area contributed by atoms with Gasteiger partial charge in [-0.15, -0.1) is 0 Å². The number of hydrogen-bond acceptors (Lipinski definition) is 5. The van der Waals surface area contributed by atoms with E-state index in [-0.39, 0.29) is 18.4 Å². The Bertz CT molecular complexity index is 412. The molecule has 0 bridgehead atoms. The van der Waals surface area contributed by atoms with Gasteiger partial charge >= 0.3 is 0 Å². The third-order valence-corrected chi connectivity index (χ3v) is 6.18. The van der Waals surface area contributed by atoms with E-state index < -0.39 is 0 Å². The van der Waals surface area contributed by atoms with Crippen molar-refractivity contribution in [2.24, 2.45) is 17.4 Å². The van der Waals surface area contributed by atoms with E-state index in [9.17, 15) is 0 Å². The average Bonchev–Trinajstić information content (AvgIpc) is 2.98. The Labute approximate surface area is 141 Å². The minimum atomic E-state index is 0.0837. The Morgan fingerprint density at radius 2 is 1.87 bits per heavy atom. The molecule has 1 aliphatic heterocycles. The van der Waals surface area contributed by atoms with Gasteiger partial charge in [-0.2, -0.15) is 0 Å². The predicted octanol–water partition coefficient (Wildman–Crippen LogP) is 1.80. The van der Waals surface area contributed by atoms with Gasteiger partial charge in [-0.3, -0.25) is 10.2 Å². The van der Waals surface area contributed by atoms with Gasteiger partial charge in [0.25, 0.3) is 0 Å². The van der Waals surface area contributed by atoms with Crippen LogP contribution in [0.3, 0.4) is 0 Å². The van der Waals surface area contributed by atoms with Gasteiger partial charge < -0.3 is 16.8 Å². The summed E-state index contributed by atoms with van der Waals surface area (Å²) >= 11 is 0. The van der Waals surface area contributed by atoms with E-state index in [0.717, 1.165) is 18.0 Å². The molecule has 0 aromatic carbocycles. The molecule has 0 radical (unpaired) electrons. The highest BCUT2D eigenvalue weighted by Gasteiger charge is 2.34. The quantitative estimate of drug-likeness (QED) is 0.561. The predicted molar refractivity (Wildman–Crippen MR) is 95.3 cm³/mol. The summed E-state index contributed by atoms with van der Waals surface area (Å²) < 4.78 is 0. The fourth-order valence-electron chi connectivity index (χ4n) is 4.68. The molecule has 5 heteroatoms. The zero-order valence-corrected chi connectivity index (χ0v) is 14.8. The number of nitrogens with one attached hydrogen (secondary N) is 2. The minimum Gasteiger partial charge on any atom is -0.400 e. The number of rotatable bonds is 6. The van der Waals surface area contributed by atoms with Gasteiger partial charge in [0.1, 0.15) is 0 Å². The first-order valence-electron chi connectivity index (χ1n) is 9.57. The molecule has 2 saturated carbocycles. The Morgan fingerprint density at radius 1 is 1.17 bits per heavy atom. The molecular formula is C18H35N5. The molecular weight excluding hydrogens is 286 g/mol. The second-order valence-corrected chi connectivity index (χ2v) is 7.87. The normalized spacial score (nSPS) is 32.3. The molecule has 3 aliphatic rings. The Morgan fingerprint density at radius 3 is 2.43 bits per heavy atom. The van der Waals surface area contributed by atoms with E-state index in [1.54, 1.807) is 0 Å². The van der Waals surface area contributed by atoms with Crippen LogP contribution in [0, 0.1) is 5.92 Å². The van der Waals surface area contributed by atoms with Crippen LogP contribution in [-0.4, -0.2) is 35.4 Å². The van der Waals surface area contributed by atoms with Gasteiger partial charge in [-0.05, 0) is 51.9 Å². The highest BCUT2D eigenvalue weighted by molar-refractivity contribution is 5.12. The molecule has 2 fully saturated rings. The van der Waals surface area contributed by atoms with Gasteiger partial charge in [-0.25, -0.2) is 0 Å². The molecule has 2 aliphatic carbocycles. The van der Waals surface area contributed by atoms with E-state index >= 15 is 0 Å². The first kappa shape index (κ1) is 17.1. The first-order chi connectivity index (χ1) is 11.1. The molecule has 0 amide bonds. The van der Waals surface area contributed by atoms with Gasteiger partial charge in [0.05, 0.1) is 18.4 Å². The van der Waals surface area contributed by atoms with E-state index in [4.69, 9.17) is 11.5 Å². The smallest absolute Gasteiger partial charge is 0.0589 e. The van der Waals surface area contributed by atoms with Crippen LogP contribution < -0.4 is 22.1 Å². The van der Waals surface area contributed by atoms with Crippen molar-refractivity contribution in [1.29, 1.82) is 0 Å². The molecule has 0 saturated heterocycles. The maximum Gasteiger partial charge on any atom is 0.0589 e. The van der Waals surface area contributed by atoms with Gasteiger partial charge in [0, 0.05) is 24.0 Å². The lowest BCUT2D eigenvalue weighted by Crippen LogP contribution is -2.61. The van der Waals surface area contributed by atoms with Crippen molar-refractivity contribution in [2.75, 3.05) is 0 Å². The Balaban J connectivity index is 1.60. The third-order valence-electron chi connectivity index (χ3n) is 6.18. The van der Waals surface area contributed by atoms with Crippen LogP contribution in [0.5, 0.6) is 0 Å². The van der Waals surface area contributed by atoms with Crippen molar-refractivity contribution >= 4 is 0 Å². The van der Waals surface area contributed by atoms with E-state index in [1.165, 1.54) is 44.9 Å². The lowest BCUT2D eigenvalue weighted by Gasteiger charge is -2.45. The molecule has 4 atom stereocenters. The molecule has 0 aromatic rings. The summed E-state index contributed by atoms with van der Waals surface area (Å²) in [5.74, 6) is 0.815. The summed E-state index contributed by atoms with van der Waals surface area (Å²) in [5.41, 5.74) is 13.5. The van der Waals surface area contributed by atoms with Gasteiger partial charge in [0.2, 0.25) is 0 Å². The molecule has 132 valence electrons. The van der Waals surface area contributed by atoms with E-state index in [2.05, 4.69) is 29.4 Å². The zero-order valence-electron chi connectivity index (χ0n) is 14.8. The molecule has 5 nitrogen and oxygen atoms in total. The molecule has 3 rings (SSSR count).